The van der Waals surface area contributed by atoms with Crippen molar-refractivity contribution in [1.82, 2.24) is 4.90 Å². The van der Waals surface area contributed by atoms with Crippen LogP contribution < -0.4 is 0 Å². The maximum atomic E-state index is 12.5. The Balaban J connectivity index is 2.12. The zero-order valence-electron chi connectivity index (χ0n) is 11.8. The largest absolute Gasteiger partial charge is 0.380 e. The van der Waals surface area contributed by atoms with Crippen LogP contribution in [0.1, 0.15) is 29.8 Å². The van der Waals surface area contributed by atoms with E-state index in [2.05, 4.69) is 0 Å². The Morgan fingerprint density at radius 3 is 2.95 bits per heavy atom. The van der Waals surface area contributed by atoms with E-state index in [0.29, 0.717) is 31.9 Å². The number of amides is 1. The highest BCUT2D eigenvalue weighted by atomic mass is 16.5. The van der Waals surface area contributed by atoms with Gasteiger partial charge in [-0.25, -0.2) is 0 Å². The van der Waals surface area contributed by atoms with Crippen LogP contribution in [0, 0.1) is 0 Å². The lowest BCUT2D eigenvalue weighted by atomic mass is 10.1. The minimum absolute atomic E-state index is 0.0642. The van der Waals surface area contributed by atoms with E-state index in [4.69, 9.17) is 9.47 Å². The summed E-state index contributed by atoms with van der Waals surface area (Å²) < 4.78 is 10.7. The normalized spacial score (nSPS) is 18.4. The molecule has 1 fully saturated rings. The molecule has 0 aromatic heterocycles. The molecule has 1 saturated heterocycles. The lowest BCUT2D eigenvalue weighted by molar-refractivity contribution is -0.0764. The van der Waals surface area contributed by atoms with E-state index in [1.807, 2.05) is 43.0 Å². The summed E-state index contributed by atoms with van der Waals surface area (Å²) in [6, 6.07) is 7.61. The van der Waals surface area contributed by atoms with Gasteiger partial charge in [0.2, 0.25) is 0 Å². The van der Waals surface area contributed by atoms with E-state index in [-0.39, 0.29) is 11.5 Å². The number of morpholine rings is 1. The van der Waals surface area contributed by atoms with Crippen LogP contribution in [-0.4, -0.2) is 43.2 Å². The summed E-state index contributed by atoms with van der Waals surface area (Å²) in [6.07, 6.45) is 0. The van der Waals surface area contributed by atoms with Crippen LogP contribution in [0.4, 0.5) is 0 Å². The Bertz CT molecular complexity index is 456. The number of carbonyl (C=O) groups is 1. The van der Waals surface area contributed by atoms with Crippen molar-refractivity contribution in [1.29, 1.82) is 0 Å². The van der Waals surface area contributed by atoms with Crippen LogP contribution in [0.25, 0.3) is 0 Å². The maximum Gasteiger partial charge on any atom is 0.254 e. The molecule has 2 rings (SSSR count). The first-order chi connectivity index (χ1) is 9.02. The van der Waals surface area contributed by atoms with Crippen molar-refractivity contribution in [3.63, 3.8) is 0 Å². The zero-order valence-corrected chi connectivity index (χ0v) is 11.8. The Hall–Kier alpha value is -1.39. The molecule has 1 aromatic carbocycles. The molecular formula is C15H21NO3. The minimum atomic E-state index is -0.266. The fourth-order valence-electron chi connectivity index (χ4n) is 2.33. The lowest BCUT2D eigenvalue weighted by Gasteiger charge is -2.38. The molecule has 1 amide bonds. The molecule has 0 saturated carbocycles. The number of rotatable bonds is 3. The number of benzene rings is 1. The van der Waals surface area contributed by atoms with Gasteiger partial charge in [0.25, 0.3) is 5.91 Å². The summed E-state index contributed by atoms with van der Waals surface area (Å²) in [4.78, 5) is 14.3. The van der Waals surface area contributed by atoms with Crippen LogP contribution in [0.15, 0.2) is 24.3 Å². The standard InChI is InChI=1S/C15H21NO3/c1-15(2)11-16(7-8-19-15)14(17)13-6-4-5-12(9-13)10-18-3/h4-6,9H,7-8,10-11H2,1-3H3. The average molecular weight is 263 g/mol. The second-order valence-electron chi connectivity index (χ2n) is 5.47. The summed E-state index contributed by atoms with van der Waals surface area (Å²) in [7, 11) is 1.65. The van der Waals surface area contributed by atoms with Gasteiger partial charge < -0.3 is 14.4 Å². The van der Waals surface area contributed by atoms with E-state index < -0.39 is 0 Å². The van der Waals surface area contributed by atoms with Crippen LogP contribution in [0.2, 0.25) is 0 Å². The molecule has 0 atom stereocenters. The van der Waals surface area contributed by atoms with Gasteiger partial charge in [0.1, 0.15) is 0 Å². The highest BCUT2D eigenvalue weighted by Crippen LogP contribution is 2.19. The van der Waals surface area contributed by atoms with Gasteiger partial charge in [-0.2, -0.15) is 0 Å². The van der Waals surface area contributed by atoms with Gasteiger partial charge in [-0.3, -0.25) is 4.79 Å². The molecule has 0 aliphatic carbocycles. The third-order valence-corrected chi connectivity index (χ3v) is 3.20. The number of carbonyl (C=O) groups excluding carboxylic acids is 1. The number of methoxy groups -OCH3 is 1. The fraction of sp³-hybridized carbons (Fsp3) is 0.533. The van der Waals surface area contributed by atoms with Crippen LogP contribution in [0.5, 0.6) is 0 Å². The SMILES string of the molecule is COCc1cccc(C(=O)N2CCOC(C)(C)C2)c1. The van der Waals surface area contributed by atoms with Gasteiger partial charge in [0, 0.05) is 25.8 Å². The van der Waals surface area contributed by atoms with Gasteiger partial charge >= 0.3 is 0 Å². The molecule has 0 N–H and O–H groups in total. The topological polar surface area (TPSA) is 38.8 Å². The van der Waals surface area contributed by atoms with Crippen molar-refractivity contribution in [2.45, 2.75) is 26.1 Å². The zero-order chi connectivity index (χ0) is 13.9. The minimum Gasteiger partial charge on any atom is -0.380 e. The van der Waals surface area contributed by atoms with Gasteiger partial charge in [-0.1, -0.05) is 12.1 Å². The number of ether oxygens (including phenoxy) is 2. The predicted octanol–water partition coefficient (Wildman–Crippen LogP) is 2.08. The Morgan fingerprint density at radius 2 is 2.26 bits per heavy atom. The quantitative estimate of drug-likeness (QED) is 0.838. The van der Waals surface area contributed by atoms with Crippen molar-refractivity contribution < 1.29 is 14.3 Å². The maximum absolute atomic E-state index is 12.5. The molecule has 1 aliphatic heterocycles. The van der Waals surface area contributed by atoms with Gasteiger partial charge in [-0.15, -0.1) is 0 Å². The molecule has 1 aromatic rings. The van der Waals surface area contributed by atoms with Crippen molar-refractivity contribution in [2.75, 3.05) is 26.8 Å². The van der Waals surface area contributed by atoms with Crippen molar-refractivity contribution in [3.8, 4) is 0 Å². The van der Waals surface area contributed by atoms with E-state index in [9.17, 15) is 4.79 Å². The monoisotopic (exact) mass is 263 g/mol. The molecule has 1 heterocycles. The summed E-state index contributed by atoms with van der Waals surface area (Å²) >= 11 is 0. The first-order valence-corrected chi connectivity index (χ1v) is 6.53. The molecule has 19 heavy (non-hydrogen) atoms. The number of hydrogen-bond donors (Lipinski definition) is 0. The first kappa shape index (κ1) is 14.0. The highest BCUT2D eigenvalue weighted by Gasteiger charge is 2.30. The van der Waals surface area contributed by atoms with Crippen LogP contribution in [-0.2, 0) is 16.1 Å². The number of hydrogen-bond acceptors (Lipinski definition) is 3. The Labute approximate surface area is 114 Å². The Morgan fingerprint density at radius 1 is 1.47 bits per heavy atom. The van der Waals surface area contributed by atoms with Crippen LogP contribution in [0.3, 0.4) is 0 Å². The molecule has 4 nitrogen and oxygen atoms in total. The van der Waals surface area contributed by atoms with E-state index in [1.165, 1.54) is 0 Å². The molecule has 0 radical (unpaired) electrons. The highest BCUT2D eigenvalue weighted by molar-refractivity contribution is 5.94. The lowest BCUT2D eigenvalue weighted by Crippen LogP contribution is -2.50. The predicted molar refractivity (Wildman–Crippen MR) is 73.1 cm³/mol. The van der Waals surface area contributed by atoms with E-state index >= 15 is 0 Å². The van der Waals surface area contributed by atoms with Crippen molar-refractivity contribution in [2.24, 2.45) is 0 Å². The van der Waals surface area contributed by atoms with E-state index in [0.717, 1.165) is 5.56 Å². The van der Waals surface area contributed by atoms with Gasteiger partial charge in [-0.05, 0) is 31.5 Å². The molecular weight excluding hydrogens is 242 g/mol. The third kappa shape index (κ3) is 3.55. The summed E-state index contributed by atoms with van der Waals surface area (Å²) in [5.41, 5.74) is 1.46. The third-order valence-electron chi connectivity index (χ3n) is 3.20. The molecule has 1 aliphatic rings. The second kappa shape index (κ2) is 5.72. The fourth-order valence-corrected chi connectivity index (χ4v) is 2.33. The average Bonchev–Trinajstić information content (AvgIpc) is 2.37. The van der Waals surface area contributed by atoms with Gasteiger partial charge in [0.05, 0.1) is 18.8 Å². The summed E-state index contributed by atoms with van der Waals surface area (Å²) in [5, 5.41) is 0. The molecule has 0 bridgehead atoms. The summed E-state index contributed by atoms with van der Waals surface area (Å²) in [5.74, 6) is 0.0642. The molecule has 0 unspecified atom stereocenters. The molecule has 4 heteroatoms. The molecule has 0 spiro atoms. The smallest absolute Gasteiger partial charge is 0.254 e. The number of nitrogens with zero attached hydrogens (tertiary/aromatic N) is 1. The Kier molecular flexibility index (Phi) is 4.22. The van der Waals surface area contributed by atoms with Crippen molar-refractivity contribution >= 4 is 5.91 Å². The van der Waals surface area contributed by atoms with Crippen molar-refractivity contribution in [3.05, 3.63) is 35.4 Å². The first-order valence-electron chi connectivity index (χ1n) is 6.53. The van der Waals surface area contributed by atoms with E-state index in [1.54, 1.807) is 7.11 Å². The summed E-state index contributed by atoms with van der Waals surface area (Å²) in [6.45, 7) is 6.41. The van der Waals surface area contributed by atoms with Crippen LogP contribution >= 0.6 is 0 Å². The second-order valence-corrected chi connectivity index (χ2v) is 5.47. The molecule has 104 valence electrons. The van der Waals surface area contributed by atoms with Gasteiger partial charge in [0.15, 0.2) is 0 Å².